The van der Waals surface area contributed by atoms with Gasteiger partial charge < -0.3 is 19.1 Å². The van der Waals surface area contributed by atoms with Gasteiger partial charge in [-0.25, -0.2) is 4.79 Å². The van der Waals surface area contributed by atoms with E-state index in [-0.39, 0.29) is 5.75 Å². The molecule has 0 fully saturated rings. The first kappa shape index (κ1) is 15.9. The van der Waals surface area contributed by atoms with E-state index in [1.54, 1.807) is 18.2 Å². The molecule has 5 nitrogen and oxygen atoms in total. The van der Waals surface area contributed by atoms with Crippen LogP contribution in [-0.2, 0) is 11.3 Å². The molecule has 1 heterocycles. The van der Waals surface area contributed by atoms with Gasteiger partial charge in [0.2, 0.25) is 0 Å². The lowest BCUT2D eigenvalue weighted by atomic mass is 10.1. The highest BCUT2D eigenvalue weighted by Gasteiger charge is 2.20. The predicted molar refractivity (Wildman–Crippen MR) is 91.6 cm³/mol. The number of para-hydroxylation sites is 1. The van der Waals surface area contributed by atoms with Crippen LogP contribution in [0.15, 0.2) is 48.5 Å². The molecule has 0 saturated carbocycles. The molecule has 0 atom stereocenters. The Morgan fingerprint density at radius 2 is 1.92 bits per heavy atom. The van der Waals surface area contributed by atoms with Crippen LogP contribution in [0.4, 0.5) is 0 Å². The van der Waals surface area contributed by atoms with Gasteiger partial charge in [-0.15, -0.1) is 0 Å². The van der Waals surface area contributed by atoms with E-state index in [0.717, 1.165) is 17.0 Å². The van der Waals surface area contributed by atoms with Gasteiger partial charge in [-0.3, -0.25) is 0 Å². The maximum Gasteiger partial charge on any atom is 0.340 e. The van der Waals surface area contributed by atoms with Crippen molar-refractivity contribution in [3.05, 3.63) is 59.8 Å². The fourth-order valence-electron chi connectivity index (χ4n) is 2.89. The minimum Gasteiger partial charge on any atom is -0.508 e. The zero-order chi connectivity index (χ0) is 17.1. The van der Waals surface area contributed by atoms with Gasteiger partial charge in [-0.2, -0.15) is 0 Å². The van der Waals surface area contributed by atoms with E-state index in [9.17, 15) is 9.90 Å². The smallest absolute Gasteiger partial charge is 0.340 e. The van der Waals surface area contributed by atoms with Crippen molar-refractivity contribution < 1.29 is 19.4 Å². The Morgan fingerprint density at radius 1 is 1.17 bits per heavy atom. The van der Waals surface area contributed by atoms with Crippen molar-refractivity contribution >= 4 is 16.9 Å². The summed E-state index contributed by atoms with van der Waals surface area (Å²) in [4.78, 5) is 12.1. The Hall–Kier alpha value is -2.95. The summed E-state index contributed by atoms with van der Waals surface area (Å²) in [7, 11) is 1.35. The summed E-state index contributed by atoms with van der Waals surface area (Å²) in [5, 5.41) is 10.4. The SMILES string of the molecule is COC(=O)c1c(C)n(CCOc2ccccc2)c2ccc(O)cc12. The number of hydrogen-bond acceptors (Lipinski definition) is 4. The zero-order valence-corrected chi connectivity index (χ0v) is 13.7. The molecule has 0 saturated heterocycles. The van der Waals surface area contributed by atoms with E-state index >= 15 is 0 Å². The van der Waals surface area contributed by atoms with Gasteiger partial charge in [0.1, 0.15) is 18.1 Å². The van der Waals surface area contributed by atoms with Crippen molar-refractivity contribution in [1.29, 1.82) is 0 Å². The number of hydrogen-bond donors (Lipinski definition) is 1. The molecule has 2 aromatic carbocycles. The number of phenolic OH excluding ortho intramolecular Hbond substituents is 1. The molecule has 1 aromatic heterocycles. The first-order valence-electron chi connectivity index (χ1n) is 7.70. The van der Waals surface area contributed by atoms with Gasteiger partial charge in [0.15, 0.2) is 0 Å². The number of benzene rings is 2. The number of rotatable bonds is 5. The number of aromatic nitrogens is 1. The lowest BCUT2D eigenvalue weighted by Crippen LogP contribution is -2.10. The largest absolute Gasteiger partial charge is 0.508 e. The number of ether oxygens (including phenoxy) is 2. The number of carbonyl (C=O) groups is 1. The predicted octanol–water partition coefficient (Wildman–Crippen LogP) is 3.52. The maximum atomic E-state index is 12.1. The highest BCUT2D eigenvalue weighted by Crippen LogP contribution is 2.29. The summed E-state index contributed by atoms with van der Waals surface area (Å²) >= 11 is 0. The van der Waals surface area contributed by atoms with Crippen molar-refractivity contribution in [3.8, 4) is 11.5 Å². The molecule has 0 spiro atoms. The van der Waals surface area contributed by atoms with E-state index < -0.39 is 5.97 Å². The summed E-state index contributed by atoms with van der Waals surface area (Å²) in [5.41, 5.74) is 2.13. The number of aromatic hydroxyl groups is 1. The number of methoxy groups -OCH3 is 1. The van der Waals surface area contributed by atoms with Gasteiger partial charge in [0.25, 0.3) is 0 Å². The third-order valence-corrected chi connectivity index (χ3v) is 4.02. The Bertz CT molecular complexity index is 868. The minimum absolute atomic E-state index is 0.116. The Morgan fingerprint density at radius 3 is 2.62 bits per heavy atom. The molecule has 0 bridgehead atoms. The fraction of sp³-hybridized carbons (Fsp3) is 0.211. The third kappa shape index (κ3) is 2.93. The van der Waals surface area contributed by atoms with E-state index in [4.69, 9.17) is 9.47 Å². The summed E-state index contributed by atoms with van der Waals surface area (Å²) in [5.74, 6) is 0.508. The molecular formula is C19H19NO4. The highest BCUT2D eigenvalue weighted by molar-refractivity contribution is 6.06. The van der Waals surface area contributed by atoms with Crippen LogP contribution in [0.25, 0.3) is 10.9 Å². The molecule has 0 unspecified atom stereocenters. The molecule has 0 aliphatic carbocycles. The highest BCUT2D eigenvalue weighted by atomic mass is 16.5. The summed E-state index contributed by atoms with van der Waals surface area (Å²) in [6.07, 6.45) is 0. The number of fused-ring (bicyclic) bond motifs is 1. The van der Waals surface area contributed by atoms with Gasteiger partial charge in [0, 0.05) is 16.6 Å². The molecule has 3 aromatic rings. The molecule has 24 heavy (non-hydrogen) atoms. The lowest BCUT2D eigenvalue weighted by molar-refractivity contribution is 0.0601. The standard InChI is InChI=1S/C19H19NO4/c1-13-18(19(22)23-2)16-12-14(21)8-9-17(16)20(13)10-11-24-15-6-4-3-5-7-15/h3-9,12,21H,10-11H2,1-2H3. The van der Waals surface area contributed by atoms with Gasteiger partial charge in [0.05, 0.1) is 19.2 Å². The number of esters is 1. The van der Waals surface area contributed by atoms with Gasteiger partial charge in [-0.05, 0) is 37.3 Å². The van der Waals surface area contributed by atoms with Crippen LogP contribution in [0.5, 0.6) is 11.5 Å². The normalized spacial score (nSPS) is 10.8. The number of carbonyl (C=O) groups excluding carboxylic acids is 1. The van der Waals surface area contributed by atoms with Crippen molar-refractivity contribution in [2.45, 2.75) is 13.5 Å². The van der Waals surface area contributed by atoms with Crippen molar-refractivity contribution in [3.63, 3.8) is 0 Å². The van der Waals surface area contributed by atoms with E-state index in [1.807, 2.05) is 41.8 Å². The topological polar surface area (TPSA) is 60.7 Å². The Kier molecular flexibility index (Phi) is 4.42. The monoisotopic (exact) mass is 325 g/mol. The average molecular weight is 325 g/mol. The first-order chi connectivity index (χ1) is 11.6. The van der Waals surface area contributed by atoms with E-state index in [1.165, 1.54) is 7.11 Å². The van der Waals surface area contributed by atoms with Crippen LogP contribution in [-0.4, -0.2) is 29.4 Å². The maximum absolute atomic E-state index is 12.1. The molecular weight excluding hydrogens is 306 g/mol. The molecule has 0 radical (unpaired) electrons. The molecule has 1 N–H and O–H groups in total. The molecule has 124 valence electrons. The first-order valence-corrected chi connectivity index (χ1v) is 7.70. The van der Waals surface area contributed by atoms with Crippen molar-refractivity contribution in [2.24, 2.45) is 0 Å². The minimum atomic E-state index is -0.411. The fourth-order valence-corrected chi connectivity index (χ4v) is 2.89. The van der Waals surface area contributed by atoms with Crippen LogP contribution in [0.2, 0.25) is 0 Å². The van der Waals surface area contributed by atoms with E-state index in [0.29, 0.717) is 24.1 Å². The van der Waals surface area contributed by atoms with E-state index in [2.05, 4.69) is 0 Å². The number of phenols is 1. The molecule has 0 aliphatic heterocycles. The average Bonchev–Trinajstić information content (AvgIpc) is 2.86. The third-order valence-electron chi connectivity index (χ3n) is 4.02. The van der Waals surface area contributed by atoms with Crippen LogP contribution in [0, 0.1) is 6.92 Å². The lowest BCUT2D eigenvalue weighted by Gasteiger charge is -2.10. The second kappa shape index (κ2) is 6.66. The summed E-state index contributed by atoms with van der Waals surface area (Å²) in [6.45, 7) is 2.92. The van der Waals surface area contributed by atoms with Gasteiger partial charge >= 0.3 is 5.97 Å². The van der Waals surface area contributed by atoms with Crippen molar-refractivity contribution in [2.75, 3.05) is 13.7 Å². The molecule has 3 rings (SSSR count). The van der Waals surface area contributed by atoms with Crippen molar-refractivity contribution in [1.82, 2.24) is 4.57 Å². The van der Waals surface area contributed by atoms with Crippen LogP contribution in [0.3, 0.4) is 0 Å². The van der Waals surface area contributed by atoms with Crippen LogP contribution in [0.1, 0.15) is 16.1 Å². The molecule has 5 heteroatoms. The van der Waals surface area contributed by atoms with Crippen LogP contribution >= 0.6 is 0 Å². The Labute approximate surface area is 140 Å². The molecule has 0 amide bonds. The van der Waals surface area contributed by atoms with Crippen LogP contribution < -0.4 is 4.74 Å². The van der Waals surface area contributed by atoms with Gasteiger partial charge in [-0.1, -0.05) is 18.2 Å². The molecule has 0 aliphatic rings. The second-order valence-electron chi connectivity index (χ2n) is 5.47. The summed E-state index contributed by atoms with van der Waals surface area (Å²) in [6, 6.07) is 14.6. The second-order valence-corrected chi connectivity index (χ2v) is 5.47. The quantitative estimate of drug-likeness (QED) is 0.729. The number of nitrogens with zero attached hydrogens (tertiary/aromatic N) is 1. The Balaban J connectivity index is 1.92. The zero-order valence-electron chi connectivity index (χ0n) is 13.7. The summed E-state index contributed by atoms with van der Waals surface area (Å²) < 4.78 is 12.6.